The third kappa shape index (κ3) is 6.93. The van der Waals surface area contributed by atoms with Crippen molar-refractivity contribution in [3.8, 4) is 11.3 Å². The topological polar surface area (TPSA) is 71.1 Å². The van der Waals surface area contributed by atoms with Gasteiger partial charge in [-0.05, 0) is 53.4 Å². The number of benzene rings is 3. The molecular formula is C28H29N3O2S2. The third-order valence-electron chi connectivity index (χ3n) is 5.29. The molecule has 0 aliphatic heterocycles. The molecule has 4 rings (SSSR count). The molecule has 5 nitrogen and oxygen atoms in total. The molecule has 0 bridgehead atoms. The van der Waals surface area contributed by atoms with Gasteiger partial charge in [0.1, 0.15) is 0 Å². The zero-order chi connectivity index (χ0) is 25.0. The molecular weight excluding hydrogens is 474 g/mol. The first-order chi connectivity index (χ1) is 16.7. The summed E-state index contributed by atoms with van der Waals surface area (Å²) in [5, 5.41) is 10.5. The van der Waals surface area contributed by atoms with E-state index in [1.165, 1.54) is 28.5 Å². The molecule has 0 aliphatic rings. The monoisotopic (exact) mass is 503 g/mol. The molecule has 1 aromatic heterocycles. The summed E-state index contributed by atoms with van der Waals surface area (Å²) in [4.78, 5) is 30.5. The van der Waals surface area contributed by atoms with Gasteiger partial charge in [0, 0.05) is 27.9 Å². The lowest BCUT2D eigenvalue weighted by atomic mass is 9.92. The number of thiazole rings is 1. The van der Waals surface area contributed by atoms with E-state index < -0.39 is 0 Å². The van der Waals surface area contributed by atoms with E-state index in [-0.39, 0.29) is 22.5 Å². The summed E-state index contributed by atoms with van der Waals surface area (Å²) >= 11 is 2.89. The molecule has 35 heavy (non-hydrogen) atoms. The van der Waals surface area contributed by atoms with Gasteiger partial charge in [0.15, 0.2) is 5.13 Å². The van der Waals surface area contributed by atoms with Crippen LogP contribution in [0.5, 0.6) is 0 Å². The molecule has 3 aromatic carbocycles. The van der Waals surface area contributed by atoms with Crippen LogP contribution in [0.25, 0.3) is 22.0 Å². The second-order valence-corrected chi connectivity index (χ2v) is 11.9. The van der Waals surface area contributed by atoms with E-state index in [9.17, 15) is 9.59 Å². The van der Waals surface area contributed by atoms with Crippen molar-refractivity contribution in [3.63, 3.8) is 0 Å². The fourth-order valence-corrected chi connectivity index (χ4v) is 5.17. The molecule has 0 saturated heterocycles. The highest BCUT2D eigenvalue weighted by atomic mass is 32.2. The molecule has 0 fully saturated rings. The molecule has 1 atom stereocenters. The molecule has 180 valence electrons. The summed E-state index contributed by atoms with van der Waals surface area (Å²) < 4.78 is 0. The smallest absolute Gasteiger partial charge is 0.239 e. The van der Waals surface area contributed by atoms with Gasteiger partial charge < -0.3 is 10.6 Å². The van der Waals surface area contributed by atoms with Gasteiger partial charge in [-0.25, -0.2) is 4.98 Å². The minimum Gasteiger partial charge on any atom is -0.326 e. The Bertz CT molecular complexity index is 1340. The summed E-state index contributed by atoms with van der Waals surface area (Å²) in [5.41, 5.74) is 2.57. The van der Waals surface area contributed by atoms with Crippen molar-refractivity contribution in [3.05, 3.63) is 72.1 Å². The molecule has 0 saturated carbocycles. The predicted octanol–water partition coefficient (Wildman–Crippen LogP) is 7.46. The van der Waals surface area contributed by atoms with Gasteiger partial charge in [-0.15, -0.1) is 23.1 Å². The van der Waals surface area contributed by atoms with E-state index in [1.807, 2.05) is 69.5 Å². The highest BCUT2D eigenvalue weighted by Crippen LogP contribution is 2.30. The SMILES string of the molecule is CC(Sc1ccc(NC(=O)CC(C)(C)C)cc1)C(=O)Nc1nc(-c2ccc3ccccc3c2)cs1. The van der Waals surface area contributed by atoms with Crippen LogP contribution in [0.3, 0.4) is 0 Å². The lowest BCUT2D eigenvalue weighted by molar-refractivity contribution is -0.118. The van der Waals surface area contributed by atoms with Crippen molar-refractivity contribution in [1.82, 2.24) is 4.98 Å². The Labute approximate surface area is 214 Å². The minimum atomic E-state index is -0.302. The average Bonchev–Trinajstić information content (AvgIpc) is 3.27. The summed E-state index contributed by atoms with van der Waals surface area (Å²) in [6.07, 6.45) is 0.458. The van der Waals surface area contributed by atoms with E-state index in [4.69, 9.17) is 0 Å². The van der Waals surface area contributed by atoms with Crippen molar-refractivity contribution in [2.45, 2.75) is 44.3 Å². The zero-order valence-corrected chi connectivity index (χ0v) is 21.9. The number of aromatic nitrogens is 1. The van der Waals surface area contributed by atoms with Gasteiger partial charge in [-0.3, -0.25) is 9.59 Å². The Hall–Kier alpha value is -3.16. The number of nitrogens with zero attached hydrogens (tertiary/aromatic N) is 1. The number of nitrogens with one attached hydrogen (secondary N) is 2. The summed E-state index contributed by atoms with van der Waals surface area (Å²) in [6, 6.07) is 22.0. The van der Waals surface area contributed by atoms with Gasteiger partial charge in [-0.1, -0.05) is 57.2 Å². The van der Waals surface area contributed by atoms with Gasteiger partial charge >= 0.3 is 0 Å². The van der Waals surface area contributed by atoms with Crippen LogP contribution in [-0.2, 0) is 9.59 Å². The van der Waals surface area contributed by atoms with Gasteiger partial charge in [0.25, 0.3) is 0 Å². The maximum absolute atomic E-state index is 12.8. The fourth-order valence-electron chi connectivity index (χ4n) is 3.58. The van der Waals surface area contributed by atoms with Crippen LogP contribution >= 0.6 is 23.1 Å². The molecule has 4 aromatic rings. The Morgan fingerprint density at radius 3 is 2.40 bits per heavy atom. The average molecular weight is 504 g/mol. The number of thioether (sulfide) groups is 1. The number of carbonyl (C=O) groups excluding carboxylic acids is 2. The highest BCUT2D eigenvalue weighted by Gasteiger charge is 2.18. The second-order valence-electron chi connectivity index (χ2n) is 9.66. The number of carbonyl (C=O) groups is 2. The van der Waals surface area contributed by atoms with Crippen molar-refractivity contribution >= 4 is 56.5 Å². The van der Waals surface area contributed by atoms with Crippen LogP contribution in [-0.4, -0.2) is 22.0 Å². The van der Waals surface area contributed by atoms with E-state index in [2.05, 4.69) is 45.9 Å². The largest absolute Gasteiger partial charge is 0.326 e. The lowest BCUT2D eigenvalue weighted by Crippen LogP contribution is -2.22. The van der Waals surface area contributed by atoms with Crippen LogP contribution in [0.15, 0.2) is 77.0 Å². The molecule has 0 radical (unpaired) electrons. The first-order valence-electron chi connectivity index (χ1n) is 11.5. The number of hydrogen-bond donors (Lipinski definition) is 2. The maximum atomic E-state index is 12.8. The van der Waals surface area contributed by atoms with Crippen LogP contribution in [0.4, 0.5) is 10.8 Å². The van der Waals surface area contributed by atoms with Crippen LogP contribution in [0.2, 0.25) is 0 Å². The first kappa shape index (κ1) is 24.9. The Morgan fingerprint density at radius 1 is 0.971 bits per heavy atom. The molecule has 2 N–H and O–H groups in total. The molecule has 2 amide bonds. The van der Waals surface area contributed by atoms with Crippen LogP contribution in [0, 0.1) is 5.41 Å². The summed E-state index contributed by atoms with van der Waals surface area (Å²) in [6.45, 7) is 7.98. The zero-order valence-electron chi connectivity index (χ0n) is 20.3. The number of anilines is 2. The molecule has 0 aliphatic carbocycles. The summed E-state index contributed by atoms with van der Waals surface area (Å²) in [7, 11) is 0. The lowest BCUT2D eigenvalue weighted by Gasteiger charge is -2.17. The van der Waals surface area contributed by atoms with Crippen LogP contribution in [0.1, 0.15) is 34.1 Å². The first-order valence-corrected chi connectivity index (χ1v) is 13.2. The quantitative estimate of drug-likeness (QED) is 0.257. The third-order valence-corrected chi connectivity index (χ3v) is 7.16. The number of hydrogen-bond acceptors (Lipinski definition) is 5. The van der Waals surface area contributed by atoms with Crippen molar-refractivity contribution in [1.29, 1.82) is 0 Å². The van der Waals surface area contributed by atoms with Crippen molar-refractivity contribution in [2.75, 3.05) is 10.6 Å². The fraction of sp³-hybridized carbons (Fsp3) is 0.250. The standard InChI is InChI=1S/C28H29N3O2S2/c1-18(35-23-13-11-22(12-14-23)29-25(32)16-28(2,3)4)26(33)31-27-30-24(17-34-27)21-10-9-19-7-5-6-8-20(19)15-21/h5-15,17-18H,16H2,1-4H3,(H,29,32)(H,30,31,33). The Balaban J connectivity index is 1.33. The van der Waals surface area contributed by atoms with E-state index in [0.717, 1.165) is 27.2 Å². The van der Waals surface area contributed by atoms with Gasteiger partial charge in [0.2, 0.25) is 11.8 Å². The Kier molecular flexibility index (Phi) is 7.57. The van der Waals surface area contributed by atoms with E-state index >= 15 is 0 Å². The summed E-state index contributed by atoms with van der Waals surface area (Å²) in [5.74, 6) is -0.103. The molecule has 1 unspecified atom stereocenters. The van der Waals surface area contributed by atoms with Crippen molar-refractivity contribution < 1.29 is 9.59 Å². The second kappa shape index (κ2) is 10.6. The normalized spacial score (nSPS) is 12.3. The van der Waals surface area contributed by atoms with Crippen LogP contribution < -0.4 is 10.6 Å². The Morgan fingerprint density at radius 2 is 1.69 bits per heavy atom. The molecule has 1 heterocycles. The highest BCUT2D eigenvalue weighted by molar-refractivity contribution is 8.00. The van der Waals surface area contributed by atoms with Gasteiger partial charge in [0.05, 0.1) is 10.9 Å². The van der Waals surface area contributed by atoms with Crippen molar-refractivity contribution in [2.24, 2.45) is 5.41 Å². The number of amides is 2. The van der Waals surface area contributed by atoms with Gasteiger partial charge in [-0.2, -0.15) is 0 Å². The number of rotatable bonds is 7. The maximum Gasteiger partial charge on any atom is 0.239 e. The molecule has 0 spiro atoms. The minimum absolute atomic E-state index is 0.00263. The van der Waals surface area contributed by atoms with E-state index in [0.29, 0.717) is 11.6 Å². The van der Waals surface area contributed by atoms with E-state index in [1.54, 1.807) is 0 Å². The molecule has 7 heteroatoms. The number of fused-ring (bicyclic) bond motifs is 1. The predicted molar refractivity (Wildman–Crippen MR) is 148 cm³/mol.